The van der Waals surface area contributed by atoms with Gasteiger partial charge >= 0.3 is 0 Å². The van der Waals surface area contributed by atoms with Gasteiger partial charge in [-0.05, 0) is 30.2 Å². The van der Waals surface area contributed by atoms with Crippen molar-refractivity contribution >= 4 is 0 Å². The second-order valence-electron chi connectivity index (χ2n) is 4.00. The Morgan fingerprint density at radius 2 is 2.18 bits per heavy atom. The van der Waals surface area contributed by atoms with Crippen LogP contribution in [0.2, 0.25) is 0 Å². The largest absolute Gasteiger partial charge is 0.382 e. The third-order valence-electron chi connectivity index (χ3n) is 2.77. The number of aliphatic hydroxyl groups is 1. The monoisotopic (exact) mass is 234 g/mol. The number of halogens is 1. The SMILES string of the molecule is CCc1cc(C(O)c2cccc(F)c2)n(C)n1. The molecule has 0 fully saturated rings. The van der Waals surface area contributed by atoms with E-state index in [-0.39, 0.29) is 5.82 Å². The van der Waals surface area contributed by atoms with Crippen LogP contribution in [0.15, 0.2) is 30.3 Å². The first-order valence-electron chi connectivity index (χ1n) is 5.58. The zero-order chi connectivity index (χ0) is 12.4. The minimum atomic E-state index is -0.844. The number of aromatic nitrogens is 2. The highest BCUT2D eigenvalue weighted by Gasteiger charge is 2.16. The maximum Gasteiger partial charge on any atom is 0.123 e. The zero-order valence-electron chi connectivity index (χ0n) is 9.89. The molecular weight excluding hydrogens is 219 g/mol. The van der Waals surface area contributed by atoms with Crippen molar-refractivity contribution in [2.24, 2.45) is 7.05 Å². The van der Waals surface area contributed by atoms with Gasteiger partial charge in [-0.3, -0.25) is 4.68 Å². The number of hydrogen-bond donors (Lipinski definition) is 1. The van der Waals surface area contributed by atoms with Gasteiger partial charge in [0.05, 0.1) is 11.4 Å². The maximum atomic E-state index is 13.1. The Bertz CT molecular complexity index is 522. The Hall–Kier alpha value is -1.68. The fourth-order valence-corrected chi connectivity index (χ4v) is 1.82. The van der Waals surface area contributed by atoms with Crippen LogP contribution in [0.3, 0.4) is 0 Å². The van der Waals surface area contributed by atoms with E-state index in [9.17, 15) is 9.50 Å². The molecule has 1 aromatic carbocycles. The van der Waals surface area contributed by atoms with Crippen molar-refractivity contribution in [3.8, 4) is 0 Å². The van der Waals surface area contributed by atoms with Crippen LogP contribution in [-0.2, 0) is 13.5 Å². The molecule has 0 saturated heterocycles. The number of rotatable bonds is 3. The number of nitrogens with zero attached hydrogens (tertiary/aromatic N) is 2. The first-order chi connectivity index (χ1) is 8.11. The Labute approximate surface area is 99.5 Å². The fourth-order valence-electron chi connectivity index (χ4n) is 1.82. The van der Waals surface area contributed by atoms with Crippen molar-refractivity contribution in [1.29, 1.82) is 0 Å². The molecule has 0 bridgehead atoms. The molecule has 0 aliphatic heterocycles. The van der Waals surface area contributed by atoms with Gasteiger partial charge in [-0.2, -0.15) is 5.10 Å². The normalized spacial score (nSPS) is 12.7. The average molecular weight is 234 g/mol. The number of benzene rings is 1. The number of aryl methyl sites for hydroxylation is 2. The van der Waals surface area contributed by atoms with Gasteiger partial charge in [-0.15, -0.1) is 0 Å². The van der Waals surface area contributed by atoms with Crippen LogP contribution in [0.1, 0.15) is 30.0 Å². The zero-order valence-corrected chi connectivity index (χ0v) is 9.89. The van der Waals surface area contributed by atoms with Crippen molar-refractivity contribution in [3.05, 3.63) is 53.1 Å². The molecular formula is C13H15FN2O. The summed E-state index contributed by atoms with van der Waals surface area (Å²) >= 11 is 0. The Balaban J connectivity index is 2.36. The topological polar surface area (TPSA) is 38.0 Å². The van der Waals surface area contributed by atoms with E-state index in [0.29, 0.717) is 11.3 Å². The molecule has 4 heteroatoms. The summed E-state index contributed by atoms with van der Waals surface area (Å²) in [5.74, 6) is -0.348. The second-order valence-corrected chi connectivity index (χ2v) is 4.00. The predicted octanol–water partition coefficient (Wildman–Crippen LogP) is 2.20. The Morgan fingerprint density at radius 3 is 2.76 bits per heavy atom. The van der Waals surface area contributed by atoms with E-state index in [0.717, 1.165) is 12.1 Å². The van der Waals surface area contributed by atoms with E-state index in [1.54, 1.807) is 23.9 Å². The van der Waals surface area contributed by atoms with E-state index < -0.39 is 6.10 Å². The molecule has 1 N–H and O–H groups in total. The van der Waals surface area contributed by atoms with Gasteiger partial charge in [0, 0.05) is 7.05 Å². The molecule has 0 amide bonds. The summed E-state index contributed by atoms with van der Waals surface area (Å²) in [4.78, 5) is 0. The van der Waals surface area contributed by atoms with Crippen molar-refractivity contribution in [1.82, 2.24) is 9.78 Å². The molecule has 0 aliphatic carbocycles. The summed E-state index contributed by atoms with van der Waals surface area (Å²) in [7, 11) is 1.77. The summed E-state index contributed by atoms with van der Waals surface area (Å²) < 4.78 is 14.7. The van der Waals surface area contributed by atoms with E-state index in [1.807, 2.05) is 13.0 Å². The summed E-state index contributed by atoms with van der Waals surface area (Å²) in [5.41, 5.74) is 2.13. The standard InChI is InChI=1S/C13H15FN2O/c1-3-11-8-12(16(2)15-11)13(17)9-5-4-6-10(14)7-9/h4-8,13,17H,3H2,1-2H3. The predicted molar refractivity (Wildman–Crippen MR) is 63.0 cm³/mol. The van der Waals surface area contributed by atoms with Crippen LogP contribution in [0, 0.1) is 5.82 Å². The Kier molecular flexibility index (Phi) is 3.24. The van der Waals surface area contributed by atoms with Crippen molar-refractivity contribution in [3.63, 3.8) is 0 Å². The van der Waals surface area contributed by atoms with Gasteiger partial charge in [0.2, 0.25) is 0 Å². The van der Waals surface area contributed by atoms with Crippen LogP contribution in [0.4, 0.5) is 4.39 Å². The lowest BCUT2D eigenvalue weighted by Gasteiger charge is -2.11. The molecule has 17 heavy (non-hydrogen) atoms. The molecule has 0 radical (unpaired) electrons. The highest BCUT2D eigenvalue weighted by Crippen LogP contribution is 2.22. The molecule has 1 unspecified atom stereocenters. The molecule has 0 aliphatic rings. The summed E-state index contributed by atoms with van der Waals surface area (Å²) in [6.45, 7) is 2.00. The molecule has 1 heterocycles. The smallest absolute Gasteiger partial charge is 0.123 e. The van der Waals surface area contributed by atoms with Crippen molar-refractivity contribution in [2.75, 3.05) is 0 Å². The number of aliphatic hydroxyl groups excluding tert-OH is 1. The van der Waals surface area contributed by atoms with Crippen LogP contribution in [0.5, 0.6) is 0 Å². The van der Waals surface area contributed by atoms with Crippen LogP contribution < -0.4 is 0 Å². The lowest BCUT2D eigenvalue weighted by Crippen LogP contribution is -2.06. The lowest BCUT2D eigenvalue weighted by atomic mass is 10.1. The first-order valence-corrected chi connectivity index (χ1v) is 5.58. The average Bonchev–Trinajstić information content (AvgIpc) is 2.69. The molecule has 0 spiro atoms. The molecule has 0 saturated carbocycles. The minimum absolute atomic E-state index is 0.348. The van der Waals surface area contributed by atoms with Crippen LogP contribution in [-0.4, -0.2) is 14.9 Å². The highest BCUT2D eigenvalue weighted by molar-refractivity contribution is 5.27. The van der Waals surface area contributed by atoms with Crippen LogP contribution in [0.25, 0.3) is 0 Å². The summed E-state index contributed by atoms with van der Waals surface area (Å²) in [6, 6.07) is 7.83. The molecule has 90 valence electrons. The quantitative estimate of drug-likeness (QED) is 0.884. The third kappa shape index (κ3) is 2.36. The highest BCUT2D eigenvalue weighted by atomic mass is 19.1. The Morgan fingerprint density at radius 1 is 1.41 bits per heavy atom. The van der Waals surface area contributed by atoms with Gasteiger partial charge < -0.3 is 5.11 Å². The minimum Gasteiger partial charge on any atom is -0.382 e. The summed E-state index contributed by atoms with van der Waals surface area (Å²) in [6.07, 6.45) is -0.0347. The van der Waals surface area contributed by atoms with Gasteiger partial charge in [-0.25, -0.2) is 4.39 Å². The van der Waals surface area contributed by atoms with Gasteiger partial charge in [0.15, 0.2) is 0 Å². The van der Waals surface area contributed by atoms with Crippen molar-refractivity contribution < 1.29 is 9.50 Å². The van der Waals surface area contributed by atoms with E-state index in [2.05, 4.69) is 5.10 Å². The molecule has 1 aromatic heterocycles. The van der Waals surface area contributed by atoms with Gasteiger partial charge in [0.25, 0.3) is 0 Å². The maximum absolute atomic E-state index is 13.1. The molecule has 2 aromatic rings. The molecule has 3 nitrogen and oxygen atoms in total. The summed E-state index contributed by atoms with van der Waals surface area (Å²) in [5, 5.41) is 14.4. The van der Waals surface area contributed by atoms with E-state index in [1.165, 1.54) is 12.1 Å². The van der Waals surface area contributed by atoms with Crippen LogP contribution >= 0.6 is 0 Å². The van der Waals surface area contributed by atoms with Gasteiger partial charge in [-0.1, -0.05) is 19.1 Å². The second kappa shape index (κ2) is 4.67. The first kappa shape index (κ1) is 11.8. The third-order valence-corrected chi connectivity index (χ3v) is 2.77. The lowest BCUT2D eigenvalue weighted by molar-refractivity contribution is 0.209. The van der Waals surface area contributed by atoms with E-state index >= 15 is 0 Å². The van der Waals surface area contributed by atoms with E-state index in [4.69, 9.17) is 0 Å². The fraction of sp³-hybridized carbons (Fsp3) is 0.308. The van der Waals surface area contributed by atoms with Gasteiger partial charge in [0.1, 0.15) is 11.9 Å². The molecule has 1 atom stereocenters. The molecule has 2 rings (SSSR count). The van der Waals surface area contributed by atoms with Crippen molar-refractivity contribution in [2.45, 2.75) is 19.4 Å². The number of hydrogen-bond acceptors (Lipinski definition) is 2.